The Kier molecular flexibility index (Phi) is 4.18. The van der Waals surface area contributed by atoms with Crippen molar-refractivity contribution in [2.24, 2.45) is 0 Å². The number of nitrogens with one attached hydrogen (secondary N) is 1. The van der Waals surface area contributed by atoms with E-state index in [0.29, 0.717) is 0 Å². The second kappa shape index (κ2) is 6.04. The molecule has 0 fully saturated rings. The van der Waals surface area contributed by atoms with Gasteiger partial charge in [0.05, 0.1) is 23.9 Å². The van der Waals surface area contributed by atoms with E-state index in [1.165, 1.54) is 49.6 Å². The van der Waals surface area contributed by atoms with Crippen LogP contribution >= 0.6 is 0 Å². The lowest BCUT2D eigenvalue weighted by molar-refractivity contribution is 0.0696. The van der Waals surface area contributed by atoms with Gasteiger partial charge in [-0.2, -0.15) is 0 Å². The third kappa shape index (κ3) is 3.17. The first-order valence-corrected chi connectivity index (χ1v) is 6.00. The number of halogens is 1. The molecule has 0 aromatic heterocycles. The van der Waals surface area contributed by atoms with E-state index in [1.807, 2.05) is 0 Å². The van der Waals surface area contributed by atoms with Crippen LogP contribution in [0.2, 0.25) is 0 Å². The maximum atomic E-state index is 13.5. The van der Waals surface area contributed by atoms with Crippen molar-refractivity contribution < 1.29 is 23.8 Å². The van der Waals surface area contributed by atoms with Crippen molar-refractivity contribution in [1.82, 2.24) is 0 Å². The zero-order chi connectivity index (χ0) is 15.4. The van der Waals surface area contributed by atoms with E-state index in [1.54, 1.807) is 0 Å². The molecule has 0 atom stereocenters. The van der Waals surface area contributed by atoms with Crippen molar-refractivity contribution in [2.75, 3.05) is 12.4 Å². The number of carboxylic acids is 1. The van der Waals surface area contributed by atoms with Crippen LogP contribution in [0, 0.1) is 5.82 Å². The van der Waals surface area contributed by atoms with Gasteiger partial charge in [0.1, 0.15) is 11.6 Å². The van der Waals surface area contributed by atoms with Crippen LogP contribution in [-0.4, -0.2) is 24.1 Å². The molecule has 0 heterocycles. The highest BCUT2D eigenvalue weighted by atomic mass is 19.1. The molecular weight excluding hydrogens is 277 g/mol. The average molecular weight is 289 g/mol. The molecule has 0 saturated carbocycles. The highest BCUT2D eigenvalue weighted by molar-refractivity contribution is 6.05. The van der Waals surface area contributed by atoms with Gasteiger partial charge < -0.3 is 15.2 Å². The fourth-order valence-electron chi connectivity index (χ4n) is 1.77. The summed E-state index contributed by atoms with van der Waals surface area (Å²) in [5, 5.41) is 11.4. The summed E-state index contributed by atoms with van der Waals surface area (Å²) in [7, 11) is 1.38. The molecule has 2 aromatic rings. The van der Waals surface area contributed by atoms with Crippen molar-refractivity contribution in [2.45, 2.75) is 0 Å². The monoisotopic (exact) mass is 289 g/mol. The molecule has 0 spiro atoms. The van der Waals surface area contributed by atoms with Crippen LogP contribution in [0.3, 0.4) is 0 Å². The number of hydrogen-bond donors (Lipinski definition) is 2. The Morgan fingerprint density at radius 2 is 1.90 bits per heavy atom. The molecular formula is C15H12FNO4. The van der Waals surface area contributed by atoms with Crippen LogP contribution in [0.5, 0.6) is 5.75 Å². The molecule has 2 rings (SSSR count). The number of methoxy groups -OCH3 is 1. The Balaban J connectivity index is 2.34. The Bertz CT molecular complexity index is 700. The summed E-state index contributed by atoms with van der Waals surface area (Å²) in [5.41, 5.74) is 0.00516. The Labute approximate surface area is 120 Å². The third-order valence-electron chi connectivity index (χ3n) is 2.81. The van der Waals surface area contributed by atoms with E-state index in [-0.39, 0.29) is 22.6 Å². The summed E-state index contributed by atoms with van der Waals surface area (Å²) in [5.74, 6) is -2.21. The number of carboxylic acid groups (broad SMARTS) is 1. The summed E-state index contributed by atoms with van der Waals surface area (Å²) in [6.45, 7) is 0. The molecule has 6 heteroatoms. The molecule has 0 aliphatic heterocycles. The SMILES string of the molecule is COc1ccc(C(=O)O)cc1NC(=O)c1ccccc1F. The Morgan fingerprint density at radius 1 is 1.19 bits per heavy atom. The molecule has 1 amide bonds. The largest absolute Gasteiger partial charge is 0.495 e. The van der Waals surface area contributed by atoms with Gasteiger partial charge in [-0.15, -0.1) is 0 Å². The van der Waals surface area contributed by atoms with Gasteiger partial charge in [-0.05, 0) is 30.3 Å². The zero-order valence-electron chi connectivity index (χ0n) is 11.1. The molecule has 0 radical (unpaired) electrons. The molecule has 2 N–H and O–H groups in total. The molecule has 2 aromatic carbocycles. The minimum atomic E-state index is -1.14. The summed E-state index contributed by atoms with van der Waals surface area (Å²) >= 11 is 0. The minimum absolute atomic E-state index is 0.0142. The minimum Gasteiger partial charge on any atom is -0.495 e. The molecule has 0 aliphatic rings. The van der Waals surface area contributed by atoms with Crippen molar-refractivity contribution in [3.63, 3.8) is 0 Å². The van der Waals surface area contributed by atoms with E-state index in [9.17, 15) is 14.0 Å². The predicted molar refractivity (Wildman–Crippen MR) is 74.3 cm³/mol. The first-order valence-electron chi connectivity index (χ1n) is 6.00. The number of carbonyl (C=O) groups excluding carboxylic acids is 1. The molecule has 0 saturated heterocycles. The van der Waals surface area contributed by atoms with Crippen molar-refractivity contribution in [3.8, 4) is 5.75 Å². The molecule has 0 unspecified atom stereocenters. The van der Waals surface area contributed by atoms with Gasteiger partial charge in [-0.25, -0.2) is 9.18 Å². The average Bonchev–Trinajstić information content (AvgIpc) is 2.47. The van der Waals surface area contributed by atoms with Crippen LogP contribution in [0.25, 0.3) is 0 Å². The lowest BCUT2D eigenvalue weighted by atomic mass is 10.1. The highest BCUT2D eigenvalue weighted by Crippen LogP contribution is 2.26. The lowest BCUT2D eigenvalue weighted by Crippen LogP contribution is -2.14. The third-order valence-corrected chi connectivity index (χ3v) is 2.81. The predicted octanol–water partition coefficient (Wildman–Crippen LogP) is 2.78. The number of anilines is 1. The van der Waals surface area contributed by atoms with Crippen molar-refractivity contribution in [3.05, 3.63) is 59.4 Å². The van der Waals surface area contributed by atoms with E-state index in [0.717, 1.165) is 0 Å². The van der Waals surface area contributed by atoms with Crippen molar-refractivity contribution in [1.29, 1.82) is 0 Å². The summed E-state index contributed by atoms with van der Waals surface area (Å²) in [6, 6.07) is 9.51. The quantitative estimate of drug-likeness (QED) is 0.907. The van der Waals surface area contributed by atoms with Gasteiger partial charge in [-0.3, -0.25) is 4.79 Å². The van der Waals surface area contributed by atoms with Gasteiger partial charge in [0, 0.05) is 0 Å². The smallest absolute Gasteiger partial charge is 0.335 e. The van der Waals surface area contributed by atoms with Gasteiger partial charge >= 0.3 is 5.97 Å². The summed E-state index contributed by atoms with van der Waals surface area (Å²) in [4.78, 5) is 23.0. The molecule has 5 nitrogen and oxygen atoms in total. The molecule has 108 valence electrons. The number of carbonyl (C=O) groups is 2. The lowest BCUT2D eigenvalue weighted by Gasteiger charge is -2.11. The second-order valence-corrected chi connectivity index (χ2v) is 4.15. The van der Waals surface area contributed by atoms with Crippen LogP contribution in [0.4, 0.5) is 10.1 Å². The molecule has 0 aliphatic carbocycles. The fourth-order valence-corrected chi connectivity index (χ4v) is 1.77. The first-order chi connectivity index (χ1) is 10.0. The summed E-state index contributed by atoms with van der Waals surface area (Å²) < 4.78 is 18.6. The number of aromatic carboxylic acids is 1. The Hall–Kier alpha value is -2.89. The standard InChI is InChI=1S/C15H12FNO4/c1-21-13-7-6-9(15(19)20)8-12(13)17-14(18)10-4-2-3-5-11(10)16/h2-8H,1H3,(H,17,18)(H,19,20). The number of benzene rings is 2. The van der Waals surface area contributed by atoms with Crippen molar-refractivity contribution >= 4 is 17.6 Å². The number of rotatable bonds is 4. The number of amides is 1. The van der Waals surface area contributed by atoms with Gasteiger partial charge in [0.25, 0.3) is 5.91 Å². The topological polar surface area (TPSA) is 75.6 Å². The fraction of sp³-hybridized carbons (Fsp3) is 0.0667. The van der Waals surface area contributed by atoms with E-state index < -0.39 is 17.7 Å². The van der Waals surface area contributed by atoms with Crippen LogP contribution in [0.15, 0.2) is 42.5 Å². The van der Waals surface area contributed by atoms with Crippen LogP contribution in [0.1, 0.15) is 20.7 Å². The van der Waals surface area contributed by atoms with E-state index >= 15 is 0 Å². The molecule has 21 heavy (non-hydrogen) atoms. The molecule has 0 bridgehead atoms. The normalized spacial score (nSPS) is 10.0. The first kappa shape index (κ1) is 14.5. The van der Waals surface area contributed by atoms with Gasteiger partial charge in [0.2, 0.25) is 0 Å². The second-order valence-electron chi connectivity index (χ2n) is 4.15. The van der Waals surface area contributed by atoms with Crippen LogP contribution < -0.4 is 10.1 Å². The maximum Gasteiger partial charge on any atom is 0.335 e. The number of hydrogen-bond acceptors (Lipinski definition) is 3. The zero-order valence-corrected chi connectivity index (χ0v) is 11.1. The van der Waals surface area contributed by atoms with E-state index in [2.05, 4.69) is 5.32 Å². The Morgan fingerprint density at radius 3 is 2.52 bits per heavy atom. The van der Waals surface area contributed by atoms with E-state index in [4.69, 9.17) is 9.84 Å². The maximum absolute atomic E-state index is 13.5. The number of ether oxygens (including phenoxy) is 1. The summed E-state index contributed by atoms with van der Waals surface area (Å²) in [6.07, 6.45) is 0. The van der Waals surface area contributed by atoms with Gasteiger partial charge in [0.15, 0.2) is 0 Å². The van der Waals surface area contributed by atoms with Crippen LogP contribution in [-0.2, 0) is 0 Å². The van der Waals surface area contributed by atoms with Gasteiger partial charge in [-0.1, -0.05) is 12.1 Å². The highest BCUT2D eigenvalue weighted by Gasteiger charge is 2.15.